The van der Waals surface area contributed by atoms with Gasteiger partial charge < -0.3 is 20.9 Å². The number of rotatable bonds is 5. The molecule has 1 aromatic heterocycles. The molecule has 1 atom stereocenters. The third-order valence-electron chi connectivity index (χ3n) is 4.58. The molecule has 128 valence electrons. The second kappa shape index (κ2) is 7.75. The van der Waals surface area contributed by atoms with Crippen LogP contribution in [0.15, 0.2) is 18.3 Å². The zero-order valence-corrected chi connectivity index (χ0v) is 14.6. The maximum atomic E-state index is 11.9. The van der Waals surface area contributed by atoms with Crippen molar-refractivity contribution in [3.63, 3.8) is 0 Å². The zero-order valence-electron chi connectivity index (χ0n) is 14.6. The lowest BCUT2D eigenvalue weighted by atomic mass is 10.0. The Balaban J connectivity index is 1.91. The SMILES string of the molecule is CC(C)[C@H](N)C(=O)Nc1ccc(N2CCC(N(C)C)CC2)cn1. The standard InChI is InChI=1S/C17H29N5O/c1-12(2)16(18)17(23)20-15-6-5-14(11-19-15)22-9-7-13(8-10-22)21(3)4/h5-6,11-13,16H,7-10,18H2,1-4H3,(H,19,20,23)/t16-/m0/s1. The van der Waals surface area contributed by atoms with Gasteiger partial charge in [-0.05, 0) is 45.0 Å². The number of pyridine rings is 1. The van der Waals surface area contributed by atoms with Crippen LogP contribution in [0.25, 0.3) is 0 Å². The van der Waals surface area contributed by atoms with Crippen LogP contribution in [0, 0.1) is 5.92 Å². The lowest BCUT2D eigenvalue weighted by molar-refractivity contribution is -0.118. The predicted molar refractivity (Wildman–Crippen MR) is 94.6 cm³/mol. The van der Waals surface area contributed by atoms with E-state index in [4.69, 9.17) is 5.73 Å². The van der Waals surface area contributed by atoms with Crippen LogP contribution in [0.3, 0.4) is 0 Å². The number of nitrogens with zero attached hydrogens (tertiary/aromatic N) is 3. The predicted octanol–water partition coefficient (Wildman–Crippen LogP) is 1.53. The first kappa shape index (κ1) is 17.7. The van der Waals surface area contributed by atoms with Crippen LogP contribution in [-0.4, -0.2) is 55.1 Å². The fourth-order valence-corrected chi connectivity index (χ4v) is 2.80. The Hall–Kier alpha value is -1.66. The summed E-state index contributed by atoms with van der Waals surface area (Å²) in [5.74, 6) is 0.470. The highest BCUT2D eigenvalue weighted by Crippen LogP contribution is 2.22. The van der Waals surface area contributed by atoms with E-state index in [1.165, 1.54) is 0 Å². The van der Waals surface area contributed by atoms with E-state index in [-0.39, 0.29) is 11.8 Å². The van der Waals surface area contributed by atoms with Crippen LogP contribution in [-0.2, 0) is 4.79 Å². The summed E-state index contributed by atoms with van der Waals surface area (Å²) in [5, 5.41) is 2.77. The minimum Gasteiger partial charge on any atom is -0.370 e. The molecule has 0 bridgehead atoms. The Morgan fingerprint density at radius 2 is 2.00 bits per heavy atom. The fourth-order valence-electron chi connectivity index (χ4n) is 2.80. The van der Waals surface area contributed by atoms with Gasteiger partial charge in [0.05, 0.1) is 17.9 Å². The summed E-state index contributed by atoms with van der Waals surface area (Å²) in [6.45, 7) is 5.93. The van der Waals surface area contributed by atoms with E-state index in [1.54, 1.807) is 0 Å². The molecule has 1 amide bonds. The number of anilines is 2. The molecule has 6 nitrogen and oxygen atoms in total. The summed E-state index contributed by atoms with van der Waals surface area (Å²) in [7, 11) is 4.28. The maximum absolute atomic E-state index is 11.9. The van der Waals surface area contributed by atoms with Crippen molar-refractivity contribution in [1.29, 1.82) is 0 Å². The van der Waals surface area contributed by atoms with Gasteiger partial charge in [-0.15, -0.1) is 0 Å². The number of aromatic nitrogens is 1. The lowest BCUT2D eigenvalue weighted by Crippen LogP contribution is -2.42. The molecule has 0 aliphatic carbocycles. The number of amides is 1. The molecule has 2 heterocycles. The molecule has 1 fully saturated rings. The van der Waals surface area contributed by atoms with E-state index in [2.05, 4.69) is 34.2 Å². The fraction of sp³-hybridized carbons (Fsp3) is 0.647. The smallest absolute Gasteiger partial charge is 0.242 e. The first-order chi connectivity index (χ1) is 10.9. The molecule has 1 saturated heterocycles. The number of piperidine rings is 1. The van der Waals surface area contributed by atoms with Gasteiger partial charge in [-0.3, -0.25) is 4.79 Å². The molecule has 0 aromatic carbocycles. The van der Waals surface area contributed by atoms with Gasteiger partial charge in [0.15, 0.2) is 0 Å². The van der Waals surface area contributed by atoms with E-state index >= 15 is 0 Å². The summed E-state index contributed by atoms with van der Waals surface area (Å²) < 4.78 is 0. The summed E-state index contributed by atoms with van der Waals surface area (Å²) in [4.78, 5) is 20.9. The maximum Gasteiger partial charge on any atom is 0.242 e. The van der Waals surface area contributed by atoms with E-state index in [0.29, 0.717) is 11.9 Å². The second-order valence-corrected chi connectivity index (χ2v) is 6.84. The summed E-state index contributed by atoms with van der Waals surface area (Å²) in [6, 6.07) is 4.01. The van der Waals surface area contributed by atoms with Gasteiger partial charge in [0.1, 0.15) is 5.82 Å². The first-order valence-corrected chi connectivity index (χ1v) is 8.32. The van der Waals surface area contributed by atoms with Crippen molar-refractivity contribution >= 4 is 17.4 Å². The van der Waals surface area contributed by atoms with Gasteiger partial charge in [-0.25, -0.2) is 4.98 Å². The highest BCUT2D eigenvalue weighted by Gasteiger charge is 2.21. The highest BCUT2D eigenvalue weighted by molar-refractivity contribution is 5.94. The molecule has 1 aliphatic rings. The van der Waals surface area contributed by atoms with Gasteiger partial charge in [-0.1, -0.05) is 13.8 Å². The number of hydrogen-bond donors (Lipinski definition) is 2. The average Bonchev–Trinajstić information content (AvgIpc) is 2.54. The van der Waals surface area contributed by atoms with Crippen molar-refractivity contribution in [3.8, 4) is 0 Å². The van der Waals surface area contributed by atoms with Crippen molar-refractivity contribution < 1.29 is 4.79 Å². The molecule has 0 saturated carbocycles. The molecule has 0 spiro atoms. The van der Waals surface area contributed by atoms with Crippen LogP contribution in [0.2, 0.25) is 0 Å². The minimum atomic E-state index is -0.512. The van der Waals surface area contributed by atoms with Crippen molar-refractivity contribution in [1.82, 2.24) is 9.88 Å². The second-order valence-electron chi connectivity index (χ2n) is 6.84. The minimum absolute atomic E-state index is 0.104. The van der Waals surface area contributed by atoms with Gasteiger partial charge in [0, 0.05) is 19.1 Å². The molecular weight excluding hydrogens is 290 g/mol. The van der Waals surface area contributed by atoms with E-state index in [1.807, 2.05) is 32.2 Å². The van der Waals surface area contributed by atoms with Crippen LogP contribution in [0.1, 0.15) is 26.7 Å². The molecule has 0 radical (unpaired) electrons. The Kier molecular flexibility index (Phi) is 5.96. The quantitative estimate of drug-likeness (QED) is 0.861. The summed E-state index contributed by atoms with van der Waals surface area (Å²) in [5.41, 5.74) is 6.94. The number of nitrogens with two attached hydrogens (primary N) is 1. The Morgan fingerprint density at radius 3 is 2.48 bits per heavy atom. The van der Waals surface area contributed by atoms with Crippen molar-refractivity contribution in [3.05, 3.63) is 18.3 Å². The molecular formula is C17H29N5O. The first-order valence-electron chi connectivity index (χ1n) is 8.32. The van der Waals surface area contributed by atoms with Crippen LogP contribution >= 0.6 is 0 Å². The van der Waals surface area contributed by atoms with Gasteiger partial charge >= 0.3 is 0 Å². The topological polar surface area (TPSA) is 74.5 Å². The Labute approximate surface area is 139 Å². The molecule has 0 unspecified atom stereocenters. The van der Waals surface area contributed by atoms with E-state index in [9.17, 15) is 4.79 Å². The summed E-state index contributed by atoms with van der Waals surface area (Å²) in [6.07, 6.45) is 4.15. The molecule has 3 N–H and O–H groups in total. The number of carbonyl (C=O) groups is 1. The van der Waals surface area contributed by atoms with E-state index < -0.39 is 6.04 Å². The van der Waals surface area contributed by atoms with Gasteiger partial charge in [-0.2, -0.15) is 0 Å². The molecule has 6 heteroatoms. The largest absolute Gasteiger partial charge is 0.370 e. The van der Waals surface area contributed by atoms with Crippen LogP contribution in [0.5, 0.6) is 0 Å². The van der Waals surface area contributed by atoms with Crippen LogP contribution in [0.4, 0.5) is 11.5 Å². The van der Waals surface area contributed by atoms with Crippen LogP contribution < -0.4 is 16.0 Å². The number of nitrogens with one attached hydrogen (secondary N) is 1. The number of carbonyl (C=O) groups excluding carboxylic acids is 1. The molecule has 2 rings (SSSR count). The molecule has 1 aromatic rings. The Bertz CT molecular complexity index is 506. The van der Waals surface area contributed by atoms with Crippen molar-refractivity contribution in [2.24, 2.45) is 11.7 Å². The van der Waals surface area contributed by atoms with Gasteiger partial charge in [0.25, 0.3) is 0 Å². The summed E-state index contributed by atoms with van der Waals surface area (Å²) >= 11 is 0. The number of hydrogen-bond acceptors (Lipinski definition) is 5. The average molecular weight is 319 g/mol. The van der Waals surface area contributed by atoms with Crippen molar-refractivity contribution in [2.45, 2.75) is 38.8 Å². The lowest BCUT2D eigenvalue weighted by Gasteiger charge is -2.36. The highest BCUT2D eigenvalue weighted by atomic mass is 16.2. The third kappa shape index (κ3) is 4.65. The zero-order chi connectivity index (χ0) is 17.0. The molecule has 23 heavy (non-hydrogen) atoms. The Morgan fingerprint density at radius 1 is 1.35 bits per heavy atom. The normalized spacial score (nSPS) is 17.6. The van der Waals surface area contributed by atoms with Gasteiger partial charge in [0.2, 0.25) is 5.91 Å². The van der Waals surface area contributed by atoms with E-state index in [0.717, 1.165) is 31.6 Å². The third-order valence-corrected chi connectivity index (χ3v) is 4.58. The molecule has 1 aliphatic heterocycles. The van der Waals surface area contributed by atoms with Crippen molar-refractivity contribution in [2.75, 3.05) is 37.4 Å². The monoisotopic (exact) mass is 319 g/mol.